The summed E-state index contributed by atoms with van der Waals surface area (Å²) in [5.74, 6) is -1.68. The van der Waals surface area contributed by atoms with Crippen molar-refractivity contribution in [3.8, 4) is 11.3 Å². The van der Waals surface area contributed by atoms with Gasteiger partial charge in [-0.05, 0) is 42.6 Å². The van der Waals surface area contributed by atoms with Gasteiger partial charge in [0.2, 0.25) is 0 Å². The highest BCUT2D eigenvalue weighted by atomic mass is 19.1. The van der Waals surface area contributed by atoms with Gasteiger partial charge in [-0.3, -0.25) is 5.10 Å². The Balaban J connectivity index is 1.93. The molecule has 140 valence electrons. The zero-order valence-electron chi connectivity index (χ0n) is 14.6. The number of nitrogens with zero attached hydrogens (tertiary/aromatic N) is 2. The molecule has 0 saturated carbocycles. The van der Waals surface area contributed by atoms with Crippen LogP contribution in [0.2, 0.25) is 0 Å². The van der Waals surface area contributed by atoms with E-state index in [9.17, 15) is 18.7 Å². The van der Waals surface area contributed by atoms with Crippen molar-refractivity contribution in [1.82, 2.24) is 15.2 Å². The smallest absolute Gasteiger partial charge is 0.335 e. The number of H-pyrrole nitrogens is 1. The minimum absolute atomic E-state index is 0.0887. The number of nitrogens with one attached hydrogen (secondary N) is 2. The Hall–Kier alpha value is -3.81. The topological polar surface area (TPSA) is 90.9 Å². The van der Waals surface area contributed by atoms with E-state index in [4.69, 9.17) is 0 Å². The SMILES string of the molecule is Cc1cc(Nc2cc3cc(C(=O)O)ccc3c(-c3ccc(F)cc3F)n2)n[nH]1. The predicted molar refractivity (Wildman–Crippen MR) is 101 cm³/mol. The number of benzene rings is 2. The Kier molecular flexibility index (Phi) is 4.23. The van der Waals surface area contributed by atoms with Crippen LogP contribution < -0.4 is 5.32 Å². The molecule has 0 unspecified atom stereocenters. The normalized spacial score (nSPS) is 11.0. The highest BCUT2D eigenvalue weighted by Crippen LogP contribution is 2.32. The number of pyridine rings is 1. The minimum atomic E-state index is -1.08. The van der Waals surface area contributed by atoms with Crippen LogP contribution in [0.3, 0.4) is 0 Å². The Morgan fingerprint density at radius 2 is 1.89 bits per heavy atom. The zero-order chi connectivity index (χ0) is 19.8. The summed E-state index contributed by atoms with van der Waals surface area (Å²) in [7, 11) is 0. The number of rotatable bonds is 4. The fourth-order valence-electron chi connectivity index (χ4n) is 2.96. The third kappa shape index (κ3) is 3.27. The monoisotopic (exact) mass is 380 g/mol. The lowest BCUT2D eigenvalue weighted by Gasteiger charge is -2.12. The first-order valence-electron chi connectivity index (χ1n) is 8.33. The van der Waals surface area contributed by atoms with E-state index < -0.39 is 17.6 Å². The Morgan fingerprint density at radius 3 is 2.57 bits per heavy atom. The van der Waals surface area contributed by atoms with Crippen molar-refractivity contribution in [3.05, 3.63) is 71.4 Å². The van der Waals surface area contributed by atoms with E-state index in [-0.39, 0.29) is 16.8 Å². The van der Waals surface area contributed by atoms with Crippen molar-refractivity contribution in [2.45, 2.75) is 6.92 Å². The number of hydrogen-bond acceptors (Lipinski definition) is 4. The fraction of sp³-hybridized carbons (Fsp3) is 0.0500. The highest BCUT2D eigenvalue weighted by molar-refractivity contribution is 6.00. The Labute approximate surface area is 157 Å². The molecular weight excluding hydrogens is 366 g/mol. The van der Waals surface area contributed by atoms with Gasteiger partial charge in [-0.15, -0.1) is 0 Å². The average Bonchev–Trinajstić information content (AvgIpc) is 3.05. The predicted octanol–water partition coefficient (Wildman–Crippen LogP) is 4.65. The first-order valence-corrected chi connectivity index (χ1v) is 8.33. The van der Waals surface area contributed by atoms with E-state index in [1.54, 1.807) is 18.2 Å². The summed E-state index contributed by atoms with van der Waals surface area (Å²) >= 11 is 0. The second-order valence-corrected chi connectivity index (χ2v) is 6.28. The molecule has 0 aliphatic rings. The van der Waals surface area contributed by atoms with Gasteiger partial charge < -0.3 is 10.4 Å². The van der Waals surface area contributed by atoms with Crippen LogP contribution in [0.5, 0.6) is 0 Å². The molecule has 0 atom stereocenters. The van der Waals surface area contributed by atoms with E-state index in [2.05, 4.69) is 20.5 Å². The number of carbonyl (C=O) groups is 1. The van der Waals surface area contributed by atoms with Crippen molar-refractivity contribution < 1.29 is 18.7 Å². The molecule has 0 aliphatic heterocycles. The largest absolute Gasteiger partial charge is 0.478 e. The van der Waals surface area contributed by atoms with Crippen LogP contribution in [-0.4, -0.2) is 26.3 Å². The molecule has 0 radical (unpaired) electrons. The number of halogens is 2. The summed E-state index contributed by atoms with van der Waals surface area (Å²) in [5.41, 5.74) is 1.30. The number of hydrogen-bond donors (Lipinski definition) is 3. The Morgan fingerprint density at radius 1 is 1.07 bits per heavy atom. The number of aromatic amines is 1. The molecule has 28 heavy (non-hydrogen) atoms. The van der Waals surface area contributed by atoms with Gasteiger partial charge in [0.25, 0.3) is 0 Å². The molecule has 4 aromatic rings. The number of aryl methyl sites for hydroxylation is 1. The van der Waals surface area contributed by atoms with Crippen molar-refractivity contribution in [2.75, 3.05) is 5.32 Å². The molecule has 6 nitrogen and oxygen atoms in total. The highest BCUT2D eigenvalue weighted by Gasteiger charge is 2.15. The Bertz CT molecular complexity index is 1220. The summed E-state index contributed by atoms with van der Waals surface area (Å²) in [6.45, 7) is 1.84. The second-order valence-electron chi connectivity index (χ2n) is 6.28. The van der Waals surface area contributed by atoms with Crippen LogP contribution in [0.1, 0.15) is 16.1 Å². The van der Waals surface area contributed by atoms with Crippen LogP contribution in [0, 0.1) is 18.6 Å². The van der Waals surface area contributed by atoms with Crippen LogP contribution in [0.25, 0.3) is 22.0 Å². The molecule has 2 aromatic carbocycles. The maximum absolute atomic E-state index is 14.4. The van der Waals surface area contributed by atoms with Crippen molar-refractivity contribution >= 4 is 28.4 Å². The summed E-state index contributed by atoms with van der Waals surface area (Å²) in [5, 5.41) is 20.2. The van der Waals surface area contributed by atoms with Gasteiger partial charge >= 0.3 is 5.97 Å². The molecule has 0 fully saturated rings. The van der Waals surface area contributed by atoms with Gasteiger partial charge in [-0.25, -0.2) is 18.6 Å². The van der Waals surface area contributed by atoms with Gasteiger partial charge in [0.15, 0.2) is 5.82 Å². The molecular formula is C20H14F2N4O2. The number of carboxylic acid groups (broad SMARTS) is 1. The quantitative estimate of drug-likeness (QED) is 0.479. The van der Waals surface area contributed by atoms with Crippen molar-refractivity contribution in [2.24, 2.45) is 0 Å². The zero-order valence-corrected chi connectivity index (χ0v) is 14.6. The summed E-state index contributed by atoms with van der Waals surface area (Å²) in [4.78, 5) is 15.8. The average molecular weight is 380 g/mol. The van der Waals surface area contributed by atoms with Gasteiger partial charge in [0, 0.05) is 28.8 Å². The molecule has 4 rings (SSSR count). The first-order chi connectivity index (χ1) is 13.4. The molecule has 0 aliphatic carbocycles. The van der Waals surface area contributed by atoms with Gasteiger partial charge in [-0.2, -0.15) is 5.10 Å². The lowest BCUT2D eigenvalue weighted by Crippen LogP contribution is -2.00. The summed E-state index contributed by atoms with van der Waals surface area (Å²) in [6.07, 6.45) is 0. The number of aromatic nitrogens is 3. The molecule has 0 saturated heterocycles. The lowest BCUT2D eigenvalue weighted by atomic mass is 10.0. The molecule has 2 aromatic heterocycles. The maximum Gasteiger partial charge on any atom is 0.335 e. The third-order valence-corrected chi connectivity index (χ3v) is 4.23. The standard InChI is InChI=1S/C20H14F2N4O2/c1-10-6-18(26-25-10)23-17-8-12-7-11(20(27)28)2-4-14(12)19(24-17)15-5-3-13(21)9-16(15)22/h2-9H,1H3,(H,27,28)(H2,23,24,25,26). The second kappa shape index (κ2) is 6.73. The van der Waals surface area contributed by atoms with E-state index >= 15 is 0 Å². The number of carboxylic acids is 1. The van der Waals surface area contributed by atoms with E-state index in [0.29, 0.717) is 22.4 Å². The number of aromatic carboxylic acids is 1. The number of anilines is 2. The summed E-state index contributed by atoms with van der Waals surface area (Å²) in [6, 6.07) is 11.1. The molecule has 8 heteroatoms. The van der Waals surface area contributed by atoms with E-state index in [1.165, 1.54) is 18.2 Å². The van der Waals surface area contributed by atoms with Crippen LogP contribution >= 0.6 is 0 Å². The van der Waals surface area contributed by atoms with Crippen LogP contribution in [-0.2, 0) is 0 Å². The van der Waals surface area contributed by atoms with E-state index in [0.717, 1.165) is 17.8 Å². The third-order valence-electron chi connectivity index (χ3n) is 4.23. The van der Waals surface area contributed by atoms with Crippen LogP contribution in [0.15, 0.2) is 48.5 Å². The molecule has 2 heterocycles. The van der Waals surface area contributed by atoms with Gasteiger partial charge in [0.05, 0.1) is 11.3 Å². The van der Waals surface area contributed by atoms with Gasteiger partial charge in [-0.1, -0.05) is 6.07 Å². The fourth-order valence-corrected chi connectivity index (χ4v) is 2.96. The number of fused-ring (bicyclic) bond motifs is 1. The molecule has 3 N–H and O–H groups in total. The van der Waals surface area contributed by atoms with E-state index in [1.807, 2.05) is 6.92 Å². The minimum Gasteiger partial charge on any atom is -0.478 e. The van der Waals surface area contributed by atoms with Crippen molar-refractivity contribution in [1.29, 1.82) is 0 Å². The van der Waals surface area contributed by atoms with Gasteiger partial charge in [0.1, 0.15) is 17.5 Å². The summed E-state index contributed by atoms with van der Waals surface area (Å²) < 4.78 is 27.8. The molecule has 0 amide bonds. The molecule has 0 bridgehead atoms. The van der Waals surface area contributed by atoms with Crippen LogP contribution in [0.4, 0.5) is 20.4 Å². The maximum atomic E-state index is 14.4. The first kappa shape index (κ1) is 17.6. The molecule has 0 spiro atoms. The lowest BCUT2D eigenvalue weighted by molar-refractivity contribution is 0.0697. The van der Waals surface area contributed by atoms with Crippen molar-refractivity contribution in [3.63, 3.8) is 0 Å².